The van der Waals surface area contributed by atoms with Gasteiger partial charge in [0, 0.05) is 28.2 Å². The second kappa shape index (κ2) is 5.36. The molecule has 0 spiro atoms. The van der Waals surface area contributed by atoms with Crippen LogP contribution in [0.1, 0.15) is 31.1 Å². The van der Waals surface area contributed by atoms with Crippen LogP contribution in [-0.2, 0) is 4.79 Å². The van der Waals surface area contributed by atoms with Crippen molar-refractivity contribution in [2.24, 2.45) is 0 Å². The van der Waals surface area contributed by atoms with Crippen LogP contribution in [0.25, 0.3) is 10.9 Å². The second-order valence-corrected chi connectivity index (χ2v) is 5.73. The summed E-state index contributed by atoms with van der Waals surface area (Å²) in [5.41, 5.74) is 1.16. The summed E-state index contributed by atoms with van der Waals surface area (Å²) in [5.74, 6) is -0.452. The Labute approximate surface area is 117 Å². The average Bonchev–Trinajstić information content (AvgIpc) is 2.81. The van der Waals surface area contributed by atoms with Crippen molar-refractivity contribution in [3.8, 4) is 0 Å². The Balaban J connectivity index is 2.02. The lowest BCUT2D eigenvalue weighted by Gasteiger charge is -2.20. The molecule has 5 heteroatoms. The van der Waals surface area contributed by atoms with E-state index in [2.05, 4.69) is 15.6 Å². The van der Waals surface area contributed by atoms with Gasteiger partial charge in [0.25, 0.3) is 5.91 Å². The minimum atomic E-state index is -0.303. The summed E-state index contributed by atoms with van der Waals surface area (Å²) in [6.45, 7) is 5.66. The summed E-state index contributed by atoms with van der Waals surface area (Å²) in [4.78, 5) is 26.8. The first kappa shape index (κ1) is 14.1. The number of nitrogens with one attached hydrogen (secondary N) is 3. The van der Waals surface area contributed by atoms with Gasteiger partial charge in [0.05, 0.1) is 6.54 Å². The molecule has 0 saturated carbocycles. The fraction of sp³-hybridized carbons (Fsp3) is 0.333. The van der Waals surface area contributed by atoms with E-state index >= 15 is 0 Å². The molecule has 0 fully saturated rings. The number of carbonyl (C=O) groups is 2. The number of hydrogen-bond donors (Lipinski definition) is 3. The van der Waals surface area contributed by atoms with Crippen molar-refractivity contribution >= 4 is 22.7 Å². The van der Waals surface area contributed by atoms with Gasteiger partial charge in [0.1, 0.15) is 0 Å². The number of rotatable bonds is 3. The Kier molecular flexibility index (Phi) is 3.79. The molecule has 1 heterocycles. The van der Waals surface area contributed by atoms with Gasteiger partial charge >= 0.3 is 0 Å². The Hall–Kier alpha value is -2.30. The molecule has 20 heavy (non-hydrogen) atoms. The molecule has 5 nitrogen and oxygen atoms in total. The van der Waals surface area contributed by atoms with Crippen LogP contribution in [0.5, 0.6) is 0 Å². The Morgan fingerprint density at radius 1 is 1.20 bits per heavy atom. The van der Waals surface area contributed by atoms with Gasteiger partial charge in [-0.25, -0.2) is 0 Å². The summed E-state index contributed by atoms with van der Waals surface area (Å²) in [5, 5.41) is 6.29. The van der Waals surface area contributed by atoms with Crippen LogP contribution in [0.2, 0.25) is 0 Å². The number of amides is 2. The van der Waals surface area contributed by atoms with Gasteiger partial charge in [-0.3, -0.25) is 9.59 Å². The minimum Gasteiger partial charge on any atom is -0.361 e. The highest BCUT2D eigenvalue weighted by molar-refractivity contribution is 6.07. The number of H-pyrrole nitrogens is 1. The first-order valence-electron chi connectivity index (χ1n) is 6.52. The first-order valence-corrected chi connectivity index (χ1v) is 6.52. The fourth-order valence-corrected chi connectivity index (χ4v) is 2.00. The van der Waals surface area contributed by atoms with E-state index in [-0.39, 0.29) is 23.9 Å². The predicted molar refractivity (Wildman–Crippen MR) is 78.5 cm³/mol. The molecule has 0 atom stereocenters. The van der Waals surface area contributed by atoms with E-state index in [9.17, 15) is 9.59 Å². The van der Waals surface area contributed by atoms with Crippen molar-refractivity contribution in [1.82, 2.24) is 15.6 Å². The molecule has 0 aliphatic rings. The molecule has 3 N–H and O–H groups in total. The van der Waals surface area contributed by atoms with Crippen LogP contribution >= 0.6 is 0 Å². The Morgan fingerprint density at radius 2 is 1.95 bits per heavy atom. The molecule has 0 radical (unpaired) electrons. The zero-order valence-corrected chi connectivity index (χ0v) is 11.9. The van der Waals surface area contributed by atoms with Crippen molar-refractivity contribution < 1.29 is 9.59 Å². The second-order valence-electron chi connectivity index (χ2n) is 5.73. The van der Waals surface area contributed by atoms with Crippen molar-refractivity contribution in [1.29, 1.82) is 0 Å². The highest BCUT2D eigenvalue weighted by Gasteiger charge is 2.15. The van der Waals surface area contributed by atoms with Gasteiger partial charge in [-0.2, -0.15) is 0 Å². The zero-order chi connectivity index (χ0) is 14.8. The molecule has 2 rings (SSSR count). The summed E-state index contributed by atoms with van der Waals surface area (Å²) >= 11 is 0. The van der Waals surface area contributed by atoms with Crippen LogP contribution in [0.3, 0.4) is 0 Å². The van der Waals surface area contributed by atoms with Crippen LogP contribution in [0.15, 0.2) is 30.5 Å². The highest BCUT2D eigenvalue weighted by atomic mass is 16.2. The Morgan fingerprint density at radius 3 is 2.65 bits per heavy atom. The molecule has 1 aromatic carbocycles. The summed E-state index contributed by atoms with van der Waals surface area (Å²) in [6.07, 6.45) is 1.79. The lowest BCUT2D eigenvalue weighted by atomic mass is 10.1. The third-order valence-electron chi connectivity index (χ3n) is 2.76. The van der Waals surface area contributed by atoms with Gasteiger partial charge in [0.15, 0.2) is 0 Å². The number of aromatic amines is 1. The van der Waals surface area contributed by atoms with Crippen molar-refractivity contribution in [2.75, 3.05) is 6.54 Å². The lowest BCUT2D eigenvalue weighted by Crippen LogP contribution is -2.45. The maximum Gasteiger partial charge on any atom is 0.252 e. The molecule has 0 unspecified atom stereocenters. The molecular weight excluding hydrogens is 254 g/mol. The number of benzene rings is 1. The van der Waals surface area contributed by atoms with E-state index in [0.717, 1.165) is 10.9 Å². The standard InChI is InChI=1S/C15H19N3O2/c1-15(2,3)18-13(19)9-17-14(20)11-5-4-6-12-10(11)7-8-16-12/h4-8,16H,9H2,1-3H3,(H,17,20)(H,18,19). The van der Waals surface area contributed by atoms with Crippen LogP contribution in [0.4, 0.5) is 0 Å². The summed E-state index contributed by atoms with van der Waals surface area (Å²) in [6, 6.07) is 7.30. The quantitative estimate of drug-likeness (QED) is 0.798. The topological polar surface area (TPSA) is 74.0 Å². The van der Waals surface area contributed by atoms with Crippen molar-refractivity contribution in [3.05, 3.63) is 36.0 Å². The van der Waals surface area contributed by atoms with E-state index in [4.69, 9.17) is 0 Å². The molecule has 0 aliphatic carbocycles. The fourth-order valence-electron chi connectivity index (χ4n) is 2.00. The number of fused-ring (bicyclic) bond motifs is 1. The van der Waals surface area contributed by atoms with Crippen LogP contribution in [0, 0.1) is 0 Å². The molecule has 2 aromatic rings. The van der Waals surface area contributed by atoms with Gasteiger partial charge in [-0.05, 0) is 39.0 Å². The molecule has 106 valence electrons. The molecule has 0 saturated heterocycles. The Bertz CT molecular complexity index is 638. The third-order valence-corrected chi connectivity index (χ3v) is 2.76. The summed E-state index contributed by atoms with van der Waals surface area (Å²) in [7, 11) is 0. The smallest absolute Gasteiger partial charge is 0.252 e. The number of aromatic nitrogens is 1. The van der Waals surface area contributed by atoms with Gasteiger partial charge in [-0.15, -0.1) is 0 Å². The number of hydrogen-bond acceptors (Lipinski definition) is 2. The molecule has 0 bridgehead atoms. The molecule has 2 amide bonds. The number of carbonyl (C=O) groups excluding carboxylic acids is 2. The van der Waals surface area contributed by atoms with E-state index in [1.807, 2.05) is 39.0 Å². The molecule has 1 aromatic heterocycles. The molecular formula is C15H19N3O2. The average molecular weight is 273 g/mol. The van der Waals surface area contributed by atoms with E-state index in [1.54, 1.807) is 12.3 Å². The largest absolute Gasteiger partial charge is 0.361 e. The van der Waals surface area contributed by atoms with E-state index in [0.29, 0.717) is 5.56 Å². The monoisotopic (exact) mass is 273 g/mol. The zero-order valence-electron chi connectivity index (χ0n) is 11.9. The van der Waals surface area contributed by atoms with Crippen molar-refractivity contribution in [2.45, 2.75) is 26.3 Å². The SMILES string of the molecule is CC(C)(C)NC(=O)CNC(=O)c1cccc2[nH]ccc12. The van der Waals surface area contributed by atoms with Gasteiger partial charge in [-0.1, -0.05) is 6.07 Å². The maximum atomic E-state index is 12.1. The normalized spacial score (nSPS) is 11.3. The highest BCUT2D eigenvalue weighted by Crippen LogP contribution is 2.16. The van der Waals surface area contributed by atoms with E-state index < -0.39 is 0 Å². The maximum absolute atomic E-state index is 12.1. The van der Waals surface area contributed by atoms with E-state index in [1.165, 1.54) is 0 Å². The third kappa shape index (κ3) is 3.38. The summed E-state index contributed by atoms with van der Waals surface area (Å²) < 4.78 is 0. The minimum absolute atomic E-state index is 0.0308. The van der Waals surface area contributed by atoms with Crippen LogP contribution in [-0.4, -0.2) is 28.9 Å². The van der Waals surface area contributed by atoms with Gasteiger partial charge < -0.3 is 15.6 Å². The first-order chi connectivity index (χ1) is 9.37. The van der Waals surface area contributed by atoms with Gasteiger partial charge in [0.2, 0.25) is 5.91 Å². The lowest BCUT2D eigenvalue weighted by molar-refractivity contribution is -0.121. The predicted octanol–water partition coefficient (Wildman–Crippen LogP) is 1.81. The van der Waals surface area contributed by atoms with Crippen molar-refractivity contribution in [3.63, 3.8) is 0 Å². The van der Waals surface area contributed by atoms with Crippen LogP contribution < -0.4 is 10.6 Å². The molecule has 0 aliphatic heterocycles.